The molecule has 4 aromatic rings. The lowest BCUT2D eigenvalue weighted by molar-refractivity contribution is -0.122. The van der Waals surface area contributed by atoms with Crippen molar-refractivity contribution in [2.45, 2.75) is 13.1 Å². The van der Waals surface area contributed by atoms with Crippen molar-refractivity contribution < 1.29 is 23.4 Å². The molecule has 1 amide bonds. The van der Waals surface area contributed by atoms with Gasteiger partial charge in [-0.25, -0.2) is 0 Å². The van der Waals surface area contributed by atoms with E-state index in [0.29, 0.717) is 40.4 Å². The van der Waals surface area contributed by atoms with Crippen LogP contribution >= 0.6 is 24.0 Å². The average molecular weight is 505 g/mol. The number of fused-ring (bicyclic) bond motifs is 2. The first-order chi connectivity index (χ1) is 17.2. The highest BCUT2D eigenvalue weighted by Crippen LogP contribution is 2.36. The van der Waals surface area contributed by atoms with Crippen molar-refractivity contribution in [2.75, 3.05) is 13.4 Å². The van der Waals surface area contributed by atoms with Crippen LogP contribution in [0.3, 0.4) is 0 Å². The molecule has 0 spiro atoms. The quantitative estimate of drug-likeness (QED) is 0.245. The number of carbonyl (C=O) groups is 1. The Kier molecular flexibility index (Phi) is 5.71. The Morgan fingerprint density at radius 3 is 2.86 bits per heavy atom. The van der Waals surface area contributed by atoms with Crippen LogP contribution in [0.1, 0.15) is 11.3 Å². The maximum Gasteiger partial charge on any atom is 0.266 e. The van der Waals surface area contributed by atoms with Crippen LogP contribution in [-0.2, 0) is 17.9 Å². The molecule has 9 heteroatoms. The van der Waals surface area contributed by atoms with Crippen molar-refractivity contribution in [3.8, 4) is 17.2 Å². The molecule has 0 saturated carbocycles. The van der Waals surface area contributed by atoms with Crippen molar-refractivity contribution in [1.29, 1.82) is 0 Å². The third-order valence-electron chi connectivity index (χ3n) is 5.82. The molecule has 2 aromatic heterocycles. The fourth-order valence-corrected chi connectivity index (χ4v) is 5.39. The number of amides is 1. The van der Waals surface area contributed by atoms with Crippen molar-refractivity contribution in [3.63, 3.8) is 0 Å². The molecule has 176 valence electrons. The maximum atomic E-state index is 13.1. The Labute approximate surface area is 210 Å². The predicted octanol–water partition coefficient (Wildman–Crippen LogP) is 5.44. The fourth-order valence-electron chi connectivity index (χ4n) is 4.14. The van der Waals surface area contributed by atoms with E-state index in [-0.39, 0.29) is 12.7 Å². The number of furan rings is 1. The average Bonchev–Trinajstić information content (AvgIpc) is 3.65. The normalized spacial score (nSPS) is 16.1. The first kappa shape index (κ1) is 21.8. The molecular weight excluding hydrogens is 484 g/mol. The van der Waals surface area contributed by atoms with Gasteiger partial charge in [0.15, 0.2) is 11.5 Å². The van der Waals surface area contributed by atoms with Crippen LogP contribution < -0.4 is 14.2 Å². The van der Waals surface area contributed by atoms with Crippen molar-refractivity contribution >= 4 is 51.2 Å². The minimum absolute atomic E-state index is 0.112. The van der Waals surface area contributed by atoms with Crippen molar-refractivity contribution in [3.05, 3.63) is 83.3 Å². The second-order valence-electron chi connectivity index (χ2n) is 8.01. The second-order valence-corrected chi connectivity index (χ2v) is 9.68. The zero-order valence-corrected chi connectivity index (χ0v) is 20.1. The van der Waals surface area contributed by atoms with Gasteiger partial charge in [-0.3, -0.25) is 9.69 Å². The van der Waals surface area contributed by atoms with Gasteiger partial charge in [-0.15, -0.1) is 0 Å². The monoisotopic (exact) mass is 504 g/mol. The maximum absolute atomic E-state index is 13.1. The summed E-state index contributed by atoms with van der Waals surface area (Å²) in [6.45, 7) is 1.68. The Morgan fingerprint density at radius 2 is 1.97 bits per heavy atom. The number of rotatable bonds is 7. The van der Waals surface area contributed by atoms with Crippen LogP contribution in [0, 0.1) is 0 Å². The number of aromatic nitrogens is 1. The number of carbonyl (C=O) groups excluding carboxylic acids is 1. The molecule has 1 fully saturated rings. The summed E-state index contributed by atoms with van der Waals surface area (Å²) in [6.07, 6.45) is 5.56. The second kappa shape index (κ2) is 9.16. The summed E-state index contributed by atoms with van der Waals surface area (Å²) in [7, 11) is 0. The molecule has 7 nitrogen and oxygen atoms in total. The van der Waals surface area contributed by atoms with E-state index in [1.807, 2.05) is 48.7 Å². The van der Waals surface area contributed by atoms with Gasteiger partial charge in [0, 0.05) is 28.7 Å². The van der Waals surface area contributed by atoms with Gasteiger partial charge in [0.2, 0.25) is 6.79 Å². The highest BCUT2D eigenvalue weighted by Gasteiger charge is 2.32. The van der Waals surface area contributed by atoms with Crippen LogP contribution in [0.4, 0.5) is 0 Å². The molecule has 0 atom stereocenters. The van der Waals surface area contributed by atoms with E-state index in [9.17, 15) is 4.79 Å². The van der Waals surface area contributed by atoms with Gasteiger partial charge in [-0.1, -0.05) is 42.2 Å². The highest BCUT2D eigenvalue weighted by atomic mass is 32.2. The van der Waals surface area contributed by atoms with E-state index < -0.39 is 0 Å². The number of thioether (sulfide) groups is 1. The molecule has 0 N–H and O–H groups in total. The predicted molar refractivity (Wildman–Crippen MR) is 137 cm³/mol. The van der Waals surface area contributed by atoms with E-state index in [1.165, 1.54) is 11.8 Å². The summed E-state index contributed by atoms with van der Waals surface area (Å²) in [5.74, 6) is 2.74. The lowest BCUT2D eigenvalue weighted by Gasteiger charge is -2.11. The van der Waals surface area contributed by atoms with E-state index in [4.69, 9.17) is 30.8 Å². The van der Waals surface area contributed by atoms with Crippen molar-refractivity contribution in [1.82, 2.24) is 9.47 Å². The third-order valence-corrected chi connectivity index (χ3v) is 7.20. The summed E-state index contributed by atoms with van der Waals surface area (Å²) in [6, 6.07) is 17.3. The molecular formula is C26H20N2O5S2. The summed E-state index contributed by atoms with van der Waals surface area (Å²) in [5, 5.41) is 1.06. The van der Waals surface area contributed by atoms with Crippen LogP contribution in [0.15, 0.2) is 76.4 Å². The number of thiocarbonyl (C=S) groups is 1. The van der Waals surface area contributed by atoms with Gasteiger partial charge in [-0.05, 0) is 36.4 Å². The van der Waals surface area contributed by atoms with E-state index in [1.54, 1.807) is 17.2 Å². The topological polar surface area (TPSA) is 66.1 Å². The molecule has 2 aliphatic heterocycles. The number of ether oxygens (including phenoxy) is 3. The van der Waals surface area contributed by atoms with E-state index in [0.717, 1.165) is 28.0 Å². The highest BCUT2D eigenvalue weighted by molar-refractivity contribution is 8.26. The number of para-hydroxylation sites is 1. The minimum atomic E-state index is -0.112. The summed E-state index contributed by atoms with van der Waals surface area (Å²) in [5.41, 5.74) is 2.03. The van der Waals surface area contributed by atoms with Gasteiger partial charge in [0.05, 0.1) is 24.3 Å². The first-order valence-corrected chi connectivity index (χ1v) is 12.3. The molecule has 0 radical (unpaired) electrons. The first-order valence-electron chi connectivity index (χ1n) is 11.0. The smallest absolute Gasteiger partial charge is 0.266 e. The third kappa shape index (κ3) is 4.28. The molecule has 2 aromatic carbocycles. The molecule has 4 heterocycles. The van der Waals surface area contributed by atoms with Crippen LogP contribution in [-0.4, -0.2) is 33.1 Å². The van der Waals surface area contributed by atoms with Gasteiger partial charge >= 0.3 is 0 Å². The van der Waals surface area contributed by atoms with E-state index >= 15 is 0 Å². The number of benzene rings is 2. The van der Waals surface area contributed by atoms with Crippen LogP contribution in [0.25, 0.3) is 17.0 Å². The minimum Gasteiger partial charge on any atom is -0.492 e. The molecule has 35 heavy (non-hydrogen) atoms. The standard InChI is InChI=1S/C26H20N2O5S2/c29-25-24(35-26(34)28(25)15-19-4-3-10-30-19)12-17-14-27(21-6-2-1-5-20(17)21)9-11-31-18-7-8-22-23(13-18)33-16-32-22/h1-8,10,12-14H,9,11,15-16H2/b24-12-. The zero-order chi connectivity index (χ0) is 23.8. The van der Waals surface area contributed by atoms with Gasteiger partial charge in [0.25, 0.3) is 5.91 Å². The number of hydrogen-bond acceptors (Lipinski definition) is 7. The SMILES string of the molecule is O=C1/C(=C/c2cn(CCOc3ccc4c(c3)OCO4)c3ccccc23)SC(=S)N1Cc1ccco1. The Balaban J connectivity index is 1.21. The summed E-state index contributed by atoms with van der Waals surface area (Å²) in [4.78, 5) is 15.2. The Bertz CT molecular complexity index is 1460. The van der Waals surface area contributed by atoms with Crippen LogP contribution in [0.2, 0.25) is 0 Å². The van der Waals surface area contributed by atoms with Gasteiger partial charge in [0.1, 0.15) is 22.4 Å². The Hall–Kier alpha value is -3.69. The summed E-state index contributed by atoms with van der Waals surface area (Å²) >= 11 is 6.78. The molecule has 2 aliphatic rings. The molecule has 1 saturated heterocycles. The van der Waals surface area contributed by atoms with Gasteiger partial charge in [-0.2, -0.15) is 0 Å². The molecule has 0 unspecified atom stereocenters. The Morgan fingerprint density at radius 1 is 1.09 bits per heavy atom. The lowest BCUT2D eigenvalue weighted by Crippen LogP contribution is -2.27. The largest absolute Gasteiger partial charge is 0.492 e. The van der Waals surface area contributed by atoms with Crippen LogP contribution in [0.5, 0.6) is 17.2 Å². The lowest BCUT2D eigenvalue weighted by atomic mass is 10.1. The molecule has 0 bridgehead atoms. The zero-order valence-electron chi connectivity index (χ0n) is 18.5. The summed E-state index contributed by atoms with van der Waals surface area (Å²) < 4.78 is 24.8. The molecule has 0 aliphatic carbocycles. The van der Waals surface area contributed by atoms with Crippen molar-refractivity contribution in [2.24, 2.45) is 0 Å². The van der Waals surface area contributed by atoms with E-state index in [2.05, 4.69) is 16.7 Å². The fraction of sp³-hybridized carbons (Fsp3) is 0.154. The number of hydrogen-bond donors (Lipinski definition) is 0. The number of nitrogens with zero attached hydrogens (tertiary/aromatic N) is 2. The molecule has 6 rings (SSSR count). The van der Waals surface area contributed by atoms with Gasteiger partial charge < -0.3 is 23.2 Å².